The molecule has 3 N–H and O–H groups in total. The highest BCUT2D eigenvalue weighted by molar-refractivity contribution is 5.89. The number of hydrogen-bond acceptors (Lipinski definition) is 4. The van der Waals surface area contributed by atoms with Crippen molar-refractivity contribution in [3.8, 4) is 11.8 Å². The molecule has 0 radical (unpaired) electrons. The number of carboxylic acid groups (broad SMARTS) is 1. The van der Waals surface area contributed by atoms with Crippen LogP contribution < -0.4 is 5.73 Å². The first-order chi connectivity index (χ1) is 12.0. The summed E-state index contributed by atoms with van der Waals surface area (Å²) in [7, 11) is 0. The van der Waals surface area contributed by atoms with Crippen molar-refractivity contribution in [3.05, 3.63) is 34.9 Å². The first kappa shape index (κ1) is 19.8. The SMILES string of the molecule is Cc1cc(C#CC2(N)CCN(C(=O)OC(C)(C)C)CC2)ccc1C(=O)O. The molecule has 0 bridgehead atoms. The number of nitrogens with zero attached hydrogens (tertiary/aromatic N) is 1. The average Bonchev–Trinajstić information content (AvgIpc) is 2.52. The van der Waals surface area contributed by atoms with Gasteiger partial charge in [0.05, 0.1) is 11.1 Å². The zero-order chi connectivity index (χ0) is 19.5. The highest BCUT2D eigenvalue weighted by atomic mass is 16.6. The molecule has 0 saturated carbocycles. The van der Waals surface area contributed by atoms with Gasteiger partial charge in [-0.2, -0.15) is 0 Å². The molecular formula is C20H26N2O4. The number of piperidine rings is 1. The lowest BCUT2D eigenvalue weighted by atomic mass is 9.89. The topological polar surface area (TPSA) is 92.9 Å². The first-order valence-electron chi connectivity index (χ1n) is 8.63. The summed E-state index contributed by atoms with van der Waals surface area (Å²) in [5.74, 6) is 5.19. The Labute approximate surface area is 154 Å². The van der Waals surface area contributed by atoms with Crippen LogP contribution in [0.15, 0.2) is 18.2 Å². The Kier molecular flexibility index (Phi) is 5.62. The standard InChI is InChI=1S/C20H26N2O4/c1-14-13-15(5-6-16(14)17(23)24)7-8-20(21)9-11-22(12-10-20)18(25)26-19(2,3)4/h5-6,13H,9-12,21H2,1-4H3,(H,23,24). The van der Waals surface area contributed by atoms with Crippen LogP contribution in [-0.2, 0) is 4.74 Å². The van der Waals surface area contributed by atoms with E-state index < -0.39 is 17.1 Å². The zero-order valence-corrected chi connectivity index (χ0v) is 15.8. The van der Waals surface area contributed by atoms with Crippen molar-refractivity contribution in [2.24, 2.45) is 5.73 Å². The molecule has 1 aliphatic rings. The number of amides is 1. The van der Waals surface area contributed by atoms with E-state index in [-0.39, 0.29) is 11.7 Å². The van der Waals surface area contributed by atoms with Crippen LogP contribution in [0.5, 0.6) is 0 Å². The summed E-state index contributed by atoms with van der Waals surface area (Å²) in [6.07, 6.45) is 0.795. The van der Waals surface area contributed by atoms with Crippen molar-refractivity contribution < 1.29 is 19.4 Å². The van der Waals surface area contributed by atoms with Gasteiger partial charge in [0.15, 0.2) is 0 Å². The molecule has 1 aromatic carbocycles. The van der Waals surface area contributed by atoms with E-state index in [0.717, 1.165) is 5.56 Å². The van der Waals surface area contributed by atoms with Crippen molar-refractivity contribution in [2.75, 3.05) is 13.1 Å². The number of rotatable bonds is 1. The van der Waals surface area contributed by atoms with Gasteiger partial charge in [-0.1, -0.05) is 11.8 Å². The molecule has 1 saturated heterocycles. The maximum Gasteiger partial charge on any atom is 0.410 e. The Morgan fingerprint density at radius 2 is 1.88 bits per heavy atom. The Balaban J connectivity index is 2.02. The van der Waals surface area contributed by atoms with Crippen molar-refractivity contribution in [2.45, 2.75) is 51.7 Å². The van der Waals surface area contributed by atoms with E-state index in [1.165, 1.54) is 0 Å². The number of aryl methyl sites for hydroxylation is 1. The van der Waals surface area contributed by atoms with Crippen LogP contribution >= 0.6 is 0 Å². The summed E-state index contributed by atoms with van der Waals surface area (Å²) in [5.41, 5.74) is 6.84. The average molecular weight is 358 g/mol. The van der Waals surface area contributed by atoms with Crippen LogP contribution in [-0.4, -0.2) is 46.3 Å². The van der Waals surface area contributed by atoms with E-state index in [1.54, 1.807) is 30.0 Å². The third-order valence-electron chi connectivity index (χ3n) is 4.22. The van der Waals surface area contributed by atoms with E-state index >= 15 is 0 Å². The van der Waals surface area contributed by atoms with E-state index in [1.807, 2.05) is 20.8 Å². The minimum atomic E-state index is -0.952. The Morgan fingerprint density at radius 1 is 1.27 bits per heavy atom. The molecule has 140 valence electrons. The number of benzene rings is 1. The largest absolute Gasteiger partial charge is 0.478 e. The molecule has 2 rings (SSSR count). The summed E-state index contributed by atoms with van der Waals surface area (Å²) < 4.78 is 5.38. The smallest absolute Gasteiger partial charge is 0.410 e. The molecule has 0 aromatic heterocycles. The number of likely N-dealkylation sites (tertiary alicyclic amines) is 1. The van der Waals surface area contributed by atoms with E-state index in [2.05, 4.69) is 11.8 Å². The second-order valence-corrected chi connectivity index (χ2v) is 7.71. The third kappa shape index (κ3) is 5.24. The molecule has 0 unspecified atom stereocenters. The molecule has 1 aromatic rings. The van der Waals surface area contributed by atoms with Gasteiger partial charge in [-0.3, -0.25) is 0 Å². The molecule has 1 amide bonds. The fraction of sp³-hybridized carbons (Fsp3) is 0.500. The van der Waals surface area contributed by atoms with Gasteiger partial charge in [0.1, 0.15) is 5.60 Å². The monoisotopic (exact) mass is 358 g/mol. The normalized spacial score (nSPS) is 16.4. The van der Waals surface area contributed by atoms with Gasteiger partial charge in [0.25, 0.3) is 0 Å². The van der Waals surface area contributed by atoms with Gasteiger partial charge in [0.2, 0.25) is 0 Å². The van der Waals surface area contributed by atoms with Crippen molar-refractivity contribution >= 4 is 12.1 Å². The van der Waals surface area contributed by atoms with Gasteiger partial charge in [-0.15, -0.1) is 0 Å². The molecule has 6 nitrogen and oxygen atoms in total. The second-order valence-electron chi connectivity index (χ2n) is 7.71. The molecule has 0 spiro atoms. The molecule has 1 heterocycles. The lowest BCUT2D eigenvalue weighted by Gasteiger charge is -2.36. The van der Waals surface area contributed by atoms with Gasteiger partial charge >= 0.3 is 12.1 Å². The second kappa shape index (κ2) is 7.38. The first-order valence-corrected chi connectivity index (χ1v) is 8.63. The number of ether oxygens (including phenoxy) is 1. The summed E-state index contributed by atoms with van der Waals surface area (Å²) in [6, 6.07) is 4.98. The predicted octanol–water partition coefficient (Wildman–Crippen LogP) is 2.77. The van der Waals surface area contributed by atoms with Crippen LogP contribution in [0.4, 0.5) is 4.79 Å². The summed E-state index contributed by atoms with van der Waals surface area (Å²) in [4.78, 5) is 24.8. The fourth-order valence-corrected chi connectivity index (χ4v) is 2.72. The van der Waals surface area contributed by atoms with Crippen LogP contribution in [0, 0.1) is 18.8 Å². The fourth-order valence-electron chi connectivity index (χ4n) is 2.72. The van der Waals surface area contributed by atoms with Crippen LogP contribution in [0.3, 0.4) is 0 Å². The number of carbonyl (C=O) groups excluding carboxylic acids is 1. The zero-order valence-electron chi connectivity index (χ0n) is 15.8. The van der Waals surface area contributed by atoms with Crippen LogP contribution in [0.2, 0.25) is 0 Å². The predicted molar refractivity (Wildman–Crippen MR) is 99.0 cm³/mol. The molecule has 0 atom stereocenters. The molecule has 1 fully saturated rings. The van der Waals surface area contributed by atoms with Crippen molar-refractivity contribution in [1.82, 2.24) is 4.90 Å². The highest BCUT2D eigenvalue weighted by Gasteiger charge is 2.32. The highest BCUT2D eigenvalue weighted by Crippen LogP contribution is 2.21. The quantitative estimate of drug-likeness (QED) is 0.753. The van der Waals surface area contributed by atoms with Crippen molar-refractivity contribution in [1.29, 1.82) is 0 Å². The lowest BCUT2D eigenvalue weighted by Crippen LogP contribution is -2.51. The number of hydrogen-bond donors (Lipinski definition) is 2. The number of nitrogens with two attached hydrogens (primary N) is 1. The van der Waals surface area contributed by atoms with Crippen molar-refractivity contribution in [3.63, 3.8) is 0 Å². The summed E-state index contributed by atoms with van der Waals surface area (Å²) in [6.45, 7) is 8.25. The van der Waals surface area contributed by atoms with E-state index in [9.17, 15) is 9.59 Å². The Morgan fingerprint density at radius 3 is 2.38 bits per heavy atom. The lowest BCUT2D eigenvalue weighted by molar-refractivity contribution is 0.0189. The van der Waals surface area contributed by atoms with Gasteiger partial charge in [-0.25, -0.2) is 9.59 Å². The summed E-state index contributed by atoms with van der Waals surface area (Å²) >= 11 is 0. The van der Waals surface area contributed by atoms with Crippen LogP contribution in [0.25, 0.3) is 0 Å². The molecule has 6 heteroatoms. The maximum atomic E-state index is 12.1. The minimum Gasteiger partial charge on any atom is -0.478 e. The molecule has 26 heavy (non-hydrogen) atoms. The van der Waals surface area contributed by atoms with Gasteiger partial charge < -0.3 is 20.5 Å². The number of carbonyl (C=O) groups is 2. The summed E-state index contributed by atoms with van der Waals surface area (Å²) in [5, 5.41) is 9.07. The Hall–Kier alpha value is -2.52. The number of aromatic carboxylic acids is 1. The van der Waals surface area contributed by atoms with Gasteiger partial charge in [-0.05, 0) is 64.3 Å². The maximum absolute atomic E-state index is 12.1. The third-order valence-corrected chi connectivity index (χ3v) is 4.22. The van der Waals surface area contributed by atoms with E-state index in [4.69, 9.17) is 15.6 Å². The molecule has 1 aliphatic heterocycles. The molecule has 0 aliphatic carbocycles. The van der Waals surface area contributed by atoms with Crippen LogP contribution in [0.1, 0.15) is 55.1 Å². The Bertz CT molecular complexity index is 760. The molecular weight excluding hydrogens is 332 g/mol. The minimum absolute atomic E-state index is 0.267. The number of carboxylic acids is 1. The van der Waals surface area contributed by atoms with Gasteiger partial charge in [0, 0.05) is 18.7 Å². The van der Waals surface area contributed by atoms with E-state index in [0.29, 0.717) is 31.5 Å².